The lowest BCUT2D eigenvalue weighted by atomic mass is 10.2. The minimum Gasteiger partial charge on any atom is -0.487 e. The van der Waals surface area contributed by atoms with Crippen LogP contribution in [-0.2, 0) is 6.42 Å². The molecule has 2 aromatic rings. The first kappa shape index (κ1) is 10.0. The van der Waals surface area contributed by atoms with Crippen LogP contribution in [0.3, 0.4) is 0 Å². The number of fused-ring (bicyclic) bond motifs is 1. The Morgan fingerprint density at radius 3 is 3.06 bits per heavy atom. The Hall–Kier alpha value is -2.17. The van der Waals surface area contributed by atoms with Crippen LogP contribution < -0.4 is 10.3 Å². The molecule has 0 saturated heterocycles. The van der Waals surface area contributed by atoms with Gasteiger partial charge >= 0.3 is 0 Å². The second-order valence-electron chi connectivity index (χ2n) is 3.76. The van der Waals surface area contributed by atoms with Crippen LogP contribution in [0.2, 0.25) is 0 Å². The first-order chi connectivity index (χ1) is 8.25. The average Bonchev–Trinajstić information content (AvgIpc) is 2.78. The zero-order valence-corrected chi connectivity index (χ0v) is 8.89. The van der Waals surface area contributed by atoms with Crippen molar-refractivity contribution in [1.82, 2.24) is 9.55 Å². The molecule has 0 amide bonds. The van der Waals surface area contributed by atoms with Gasteiger partial charge in [0.15, 0.2) is 5.75 Å². The van der Waals surface area contributed by atoms with Crippen molar-refractivity contribution in [2.24, 2.45) is 0 Å². The summed E-state index contributed by atoms with van der Waals surface area (Å²) >= 11 is 0. The number of halogens is 1. The molecule has 0 fully saturated rings. The van der Waals surface area contributed by atoms with Gasteiger partial charge in [-0.3, -0.25) is 9.36 Å². The first-order valence-electron chi connectivity index (χ1n) is 5.26. The highest BCUT2D eigenvalue weighted by Gasteiger charge is 2.18. The Labute approximate surface area is 96.3 Å². The van der Waals surface area contributed by atoms with Crippen molar-refractivity contribution in [2.45, 2.75) is 6.42 Å². The van der Waals surface area contributed by atoms with E-state index >= 15 is 0 Å². The van der Waals surface area contributed by atoms with Crippen LogP contribution in [0, 0.1) is 5.95 Å². The predicted octanol–water partition coefficient (Wildman–Crippen LogP) is 1.31. The summed E-state index contributed by atoms with van der Waals surface area (Å²) < 4.78 is 19.6. The molecule has 2 aromatic heterocycles. The van der Waals surface area contributed by atoms with Gasteiger partial charge in [-0.2, -0.15) is 4.39 Å². The predicted molar refractivity (Wildman–Crippen MR) is 59.0 cm³/mol. The van der Waals surface area contributed by atoms with E-state index in [4.69, 9.17) is 4.74 Å². The maximum atomic E-state index is 13.0. The quantitative estimate of drug-likeness (QED) is 0.696. The van der Waals surface area contributed by atoms with E-state index in [0.717, 1.165) is 12.0 Å². The Balaban J connectivity index is 2.20. The zero-order chi connectivity index (χ0) is 11.8. The highest BCUT2D eigenvalue weighted by Crippen LogP contribution is 2.20. The van der Waals surface area contributed by atoms with Crippen LogP contribution in [0.15, 0.2) is 35.3 Å². The molecule has 1 aliphatic rings. The van der Waals surface area contributed by atoms with Gasteiger partial charge in [-0.15, -0.1) is 0 Å². The van der Waals surface area contributed by atoms with Gasteiger partial charge in [-0.25, -0.2) is 4.98 Å². The molecule has 1 aliphatic heterocycles. The molecular formula is C12H9FN2O2. The van der Waals surface area contributed by atoms with E-state index in [1.165, 1.54) is 16.7 Å². The number of pyridine rings is 2. The van der Waals surface area contributed by atoms with Gasteiger partial charge in [-0.1, -0.05) is 6.07 Å². The van der Waals surface area contributed by atoms with E-state index in [1.54, 1.807) is 18.3 Å². The molecule has 0 aliphatic carbocycles. The van der Waals surface area contributed by atoms with Crippen LogP contribution in [0.1, 0.15) is 5.56 Å². The Morgan fingerprint density at radius 1 is 1.35 bits per heavy atom. The molecule has 3 rings (SSSR count). The van der Waals surface area contributed by atoms with Crippen LogP contribution in [0.4, 0.5) is 4.39 Å². The molecular weight excluding hydrogens is 223 g/mol. The molecule has 17 heavy (non-hydrogen) atoms. The van der Waals surface area contributed by atoms with Gasteiger partial charge in [0.25, 0.3) is 5.56 Å². The fourth-order valence-electron chi connectivity index (χ4n) is 1.88. The molecule has 0 saturated carbocycles. The fraction of sp³-hybridized carbons (Fsp3) is 0.167. The molecule has 5 heteroatoms. The highest BCUT2D eigenvalue weighted by molar-refractivity contribution is 5.37. The normalized spacial score (nSPS) is 13.2. The summed E-state index contributed by atoms with van der Waals surface area (Å²) in [5.74, 6) is -0.0114. The number of hydrogen-bond donors (Lipinski definition) is 0. The highest BCUT2D eigenvalue weighted by atomic mass is 19.1. The van der Waals surface area contributed by atoms with Gasteiger partial charge < -0.3 is 4.74 Å². The minimum absolute atomic E-state index is 0.258. The van der Waals surface area contributed by atoms with Crippen LogP contribution in [0.5, 0.6) is 5.75 Å². The summed E-state index contributed by atoms with van der Waals surface area (Å²) in [5, 5.41) is 0. The van der Waals surface area contributed by atoms with E-state index in [1.807, 2.05) is 0 Å². The van der Waals surface area contributed by atoms with Crippen LogP contribution in [-0.4, -0.2) is 16.2 Å². The molecule has 4 nitrogen and oxygen atoms in total. The second kappa shape index (κ2) is 3.69. The summed E-state index contributed by atoms with van der Waals surface area (Å²) in [5.41, 5.74) is 0.598. The summed E-state index contributed by atoms with van der Waals surface area (Å²) in [6.07, 6.45) is 2.33. The Bertz CT molecular complexity index is 637. The molecule has 3 heterocycles. The third-order valence-corrected chi connectivity index (χ3v) is 2.69. The maximum Gasteiger partial charge on any atom is 0.298 e. The SMILES string of the molecule is O=c1c2c(ccn1-c1cccc(F)n1)CCO2. The third-order valence-electron chi connectivity index (χ3n) is 2.69. The second-order valence-corrected chi connectivity index (χ2v) is 3.76. The molecule has 86 valence electrons. The molecule has 0 spiro atoms. The number of hydrogen-bond acceptors (Lipinski definition) is 3. The van der Waals surface area contributed by atoms with Crippen molar-refractivity contribution in [3.63, 3.8) is 0 Å². The van der Waals surface area contributed by atoms with Crippen molar-refractivity contribution in [2.75, 3.05) is 6.61 Å². The first-order valence-corrected chi connectivity index (χ1v) is 5.26. The van der Waals surface area contributed by atoms with Crippen molar-refractivity contribution in [3.8, 4) is 11.6 Å². The summed E-state index contributed by atoms with van der Waals surface area (Å²) in [6.45, 7) is 0.519. The van der Waals surface area contributed by atoms with Gasteiger partial charge in [0.2, 0.25) is 5.95 Å². The van der Waals surface area contributed by atoms with Gasteiger partial charge in [-0.05, 0) is 18.2 Å². The van der Waals surface area contributed by atoms with E-state index in [9.17, 15) is 9.18 Å². The molecule has 0 unspecified atom stereocenters. The van der Waals surface area contributed by atoms with E-state index in [-0.39, 0.29) is 11.4 Å². The lowest BCUT2D eigenvalue weighted by molar-refractivity contribution is 0.351. The van der Waals surface area contributed by atoms with Crippen molar-refractivity contribution in [1.29, 1.82) is 0 Å². The topological polar surface area (TPSA) is 44.1 Å². The molecule has 0 atom stereocenters. The standard InChI is InChI=1S/C12H9FN2O2/c13-9-2-1-3-10(14-9)15-6-4-8-5-7-17-11(8)12(15)16/h1-4,6H,5,7H2. The van der Waals surface area contributed by atoms with Crippen molar-refractivity contribution >= 4 is 0 Å². The summed E-state index contributed by atoms with van der Waals surface area (Å²) in [4.78, 5) is 15.7. The molecule has 0 radical (unpaired) electrons. The van der Waals surface area contributed by atoms with E-state index in [2.05, 4.69) is 4.98 Å². The number of aromatic nitrogens is 2. The smallest absolute Gasteiger partial charge is 0.298 e. The van der Waals surface area contributed by atoms with E-state index < -0.39 is 5.95 Å². The average molecular weight is 232 g/mol. The lowest BCUT2D eigenvalue weighted by Gasteiger charge is -2.06. The largest absolute Gasteiger partial charge is 0.487 e. The van der Waals surface area contributed by atoms with Gasteiger partial charge in [0.1, 0.15) is 5.82 Å². The van der Waals surface area contributed by atoms with Crippen molar-refractivity contribution < 1.29 is 9.13 Å². The third kappa shape index (κ3) is 1.60. The van der Waals surface area contributed by atoms with Gasteiger partial charge in [0, 0.05) is 18.2 Å². The Morgan fingerprint density at radius 2 is 2.24 bits per heavy atom. The molecule has 0 bridgehead atoms. The monoisotopic (exact) mass is 232 g/mol. The van der Waals surface area contributed by atoms with Crippen molar-refractivity contribution in [3.05, 3.63) is 52.3 Å². The fourth-order valence-corrected chi connectivity index (χ4v) is 1.88. The Kier molecular flexibility index (Phi) is 2.18. The zero-order valence-electron chi connectivity index (χ0n) is 8.89. The van der Waals surface area contributed by atoms with Gasteiger partial charge in [0.05, 0.1) is 6.61 Å². The summed E-state index contributed by atoms with van der Waals surface area (Å²) in [6, 6.07) is 6.12. The minimum atomic E-state index is -0.615. The molecule has 0 N–H and O–H groups in total. The van der Waals surface area contributed by atoms with E-state index in [0.29, 0.717) is 12.4 Å². The summed E-state index contributed by atoms with van der Waals surface area (Å²) in [7, 11) is 0. The number of rotatable bonds is 1. The maximum absolute atomic E-state index is 13.0. The number of ether oxygens (including phenoxy) is 1. The van der Waals surface area contributed by atoms with Crippen LogP contribution >= 0.6 is 0 Å². The number of nitrogens with zero attached hydrogens (tertiary/aromatic N) is 2. The molecule has 0 aromatic carbocycles. The van der Waals surface area contributed by atoms with Crippen LogP contribution in [0.25, 0.3) is 5.82 Å². The lowest BCUT2D eigenvalue weighted by Crippen LogP contribution is -2.20.